The fourth-order valence-corrected chi connectivity index (χ4v) is 3.40. The third-order valence-corrected chi connectivity index (χ3v) is 4.99. The first-order valence-corrected chi connectivity index (χ1v) is 9.16. The molecule has 3 amide bonds. The molecule has 1 saturated carbocycles. The largest absolute Gasteiger partial charge is 0.334 e. The molecule has 0 atom stereocenters. The van der Waals surface area contributed by atoms with Crippen molar-refractivity contribution in [1.82, 2.24) is 10.6 Å². The lowest BCUT2D eigenvalue weighted by molar-refractivity contribution is -0.121. The van der Waals surface area contributed by atoms with Crippen molar-refractivity contribution in [3.63, 3.8) is 0 Å². The van der Waals surface area contributed by atoms with Crippen molar-refractivity contribution in [3.05, 3.63) is 65.5 Å². The Balaban J connectivity index is 1.66. The summed E-state index contributed by atoms with van der Waals surface area (Å²) in [4.78, 5) is 25.3. The van der Waals surface area contributed by atoms with E-state index in [4.69, 9.17) is 0 Å². The molecule has 142 valence electrons. The van der Waals surface area contributed by atoms with Crippen LogP contribution in [0.3, 0.4) is 0 Å². The number of rotatable bonds is 5. The Bertz CT molecular complexity index is 817. The summed E-state index contributed by atoms with van der Waals surface area (Å²) < 4.78 is 13.5. The van der Waals surface area contributed by atoms with Crippen LogP contribution in [0.15, 0.2) is 48.5 Å². The highest BCUT2D eigenvalue weighted by atomic mass is 19.1. The summed E-state index contributed by atoms with van der Waals surface area (Å²) in [6.45, 7) is 2.18. The molecule has 27 heavy (non-hydrogen) atoms. The molecule has 1 fully saturated rings. The quantitative estimate of drug-likeness (QED) is 0.748. The first kappa shape index (κ1) is 18.9. The van der Waals surface area contributed by atoms with E-state index in [-0.39, 0.29) is 11.9 Å². The van der Waals surface area contributed by atoms with E-state index in [9.17, 15) is 14.0 Å². The number of anilines is 1. The number of carbonyl (C=O) groups is 2. The molecule has 2 aromatic rings. The first-order chi connectivity index (χ1) is 13.0. The van der Waals surface area contributed by atoms with Crippen molar-refractivity contribution in [1.29, 1.82) is 0 Å². The predicted octanol–water partition coefficient (Wildman–Crippen LogP) is 3.88. The zero-order valence-electron chi connectivity index (χ0n) is 15.3. The van der Waals surface area contributed by atoms with E-state index in [1.807, 2.05) is 30.3 Å². The van der Waals surface area contributed by atoms with Gasteiger partial charge in [0.2, 0.25) is 5.91 Å². The van der Waals surface area contributed by atoms with Crippen LogP contribution in [0.4, 0.5) is 14.9 Å². The standard InChI is InChI=1S/C21H24FN3O2/c1-15-9-10-17(22)13-18(15)24-19(26)21(11-5-6-12-21)25-20(27)23-14-16-7-3-2-4-8-16/h2-4,7-10,13H,5-6,11-12,14H2,1H3,(H,24,26)(H2,23,25,27). The molecule has 2 aromatic carbocycles. The molecule has 3 rings (SSSR count). The lowest BCUT2D eigenvalue weighted by atomic mass is 9.96. The third-order valence-electron chi connectivity index (χ3n) is 4.99. The Kier molecular flexibility index (Phi) is 5.74. The van der Waals surface area contributed by atoms with E-state index in [0.717, 1.165) is 24.0 Å². The van der Waals surface area contributed by atoms with Crippen LogP contribution in [0.1, 0.15) is 36.8 Å². The molecule has 0 radical (unpaired) electrons. The van der Waals surface area contributed by atoms with Crippen LogP contribution in [0.2, 0.25) is 0 Å². The average Bonchev–Trinajstić information content (AvgIpc) is 3.13. The van der Waals surface area contributed by atoms with Crippen LogP contribution < -0.4 is 16.0 Å². The third kappa shape index (κ3) is 4.64. The lowest BCUT2D eigenvalue weighted by Gasteiger charge is -2.29. The molecule has 6 heteroatoms. The second-order valence-corrected chi connectivity index (χ2v) is 7.00. The molecule has 1 aliphatic carbocycles. The van der Waals surface area contributed by atoms with Crippen molar-refractivity contribution in [2.75, 3.05) is 5.32 Å². The molecule has 0 unspecified atom stereocenters. The minimum Gasteiger partial charge on any atom is -0.334 e. The summed E-state index contributed by atoms with van der Waals surface area (Å²) in [6.07, 6.45) is 2.83. The monoisotopic (exact) mass is 369 g/mol. The van der Waals surface area contributed by atoms with Gasteiger partial charge in [-0.25, -0.2) is 9.18 Å². The lowest BCUT2D eigenvalue weighted by Crippen LogP contribution is -2.57. The molecule has 1 aliphatic rings. The maximum Gasteiger partial charge on any atom is 0.315 e. The highest BCUT2D eigenvalue weighted by molar-refractivity contribution is 6.01. The Hall–Kier alpha value is -2.89. The van der Waals surface area contributed by atoms with Gasteiger partial charge < -0.3 is 16.0 Å². The summed E-state index contributed by atoms with van der Waals surface area (Å²) >= 11 is 0. The average molecular weight is 369 g/mol. The van der Waals surface area contributed by atoms with Gasteiger partial charge in [0.15, 0.2) is 0 Å². The Labute approximate surface area is 158 Å². The van der Waals surface area contributed by atoms with Gasteiger partial charge in [-0.1, -0.05) is 49.2 Å². The summed E-state index contributed by atoms with van der Waals surface area (Å²) in [7, 11) is 0. The number of urea groups is 1. The summed E-state index contributed by atoms with van der Waals surface area (Å²) in [5, 5.41) is 8.45. The van der Waals surface area contributed by atoms with Crippen molar-refractivity contribution in [2.45, 2.75) is 44.7 Å². The van der Waals surface area contributed by atoms with Crippen LogP contribution in [-0.4, -0.2) is 17.5 Å². The molecule has 0 aliphatic heterocycles. The van der Waals surface area contributed by atoms with Gasteiger partial charge >= 0.3 is 6.03 Å². The van der Waals surface area contributed by atoms with E-state index < -0.39 is 11.4 Å². The van der Waals surface area contributed by atoms with Crippen LogP contribution in [0, 0.1) is 12.7 Å². The number of hydrogen-bond donors (Lipinski definition) is 3. The zero-order valence-corrected chi connectivity index (χ0v) is 15.3. The van der Waals surface area contributed by atoms with E-state index >= 15 is 0 Å². The SMILES string of the molecule is Cc1ccc(F)cc1NC(=O)C1(NC(=O)NCc2ccccc2)CCCC1. The van der Waals surface area contributed by atoms with Crippen molar-refractivity contribution >= 4 is 17.6 Å². The number of aryl methyl sites for hydroxylation is 1. The molecule has 0 heterocycles. The number of amides is 3. The number of halogens is 1. The number of benzene rings is 2. The normalized spacial score (nSPS) is 15.2. The minimum atomic E-state index is -0.973. The Morgan fingerprint density at radius 3 is 2.48 bits per heavy atom. The molecular formula is C21H24FN3O2. The van der Waals surface area contributed by atoms with Gasteiger partial charge in [-0.3, -0.25) is 4.79 Å². The van der Waals surface area contributed by atoms with Gasteiger partial charge in [0.05, 0.1) is 0 Å². The molecular weight excluding hydrogens is 345 g/mol. The topological polar surface area (TPSA) is 70.2 Å². The second kappa shape index (κ2) is 8.20. The molecule has 5 nitrogen and oxygen atoms in total. The van der Waals surface area contributed by atoms with E-state index in [1.54, 1.807) is 13.0 Å². The zero-order chi connectivity index (χ0) is 19.3. The number of hydrogen-bond acceptors (Lipinski definition) is 2. The molecule has 3 N–H and O–H groups in total. The van der Waals surface area contributed by atoms with Gasteiger partial charge in [-0.15, -0.1) is 0 Å². The maximum absolute atomic E-state index is 13.5. The van der Waals surface area contributed by atoms with E-state index in [0.29, 0.717) is 25.1 Å². The van der Waals surface area contributed by atoms with Crippen molar-refractivity contribution in [2.24, 2.45) is 0 Å². The fraction of sp³-hybridized carbons (Fsp3) is 0.333. The van der Waals surface area contributed by atoms with Gasteiger partial charge in [-0.2, -0.15) is 0 Å². The van der Waals surface area contributed by atoms with Crippen LogP contribution in [0.25, 0.3) is 0 Å². The van der Waals surface area contributed by atoms with Crippen LogP contribution >= 0.6 is 0 Å². The van der Waals surface area contributed by atoms with Gasteiger partial charge in [0.25, 0.3) is 0 Å². The Morgan fingerprint density at radius 1 is 1.07 bits per heavy atom. The van der Waals surface area contributed by atoms with E-state index in [1.165, 1.54) is 12.1 Å². The maximum atomic E-state index is 13.5. The molecule has 0 saturated heterocycles. The summed E-state index contributed by atoms with van der Waals surface area (Å²) in [6, 6.07) is 13.5. The predicted molar refractivity (Wildman–Crippen MR) is 103 cm³/mol. The highest BCUT2D eigenvalue weighted by Crippen LogP contribution is 2.31. The van der Waals surface area contributed by atoms with Crippen molar-refractivity contribution in [3.8, 4) is 0 Å². The van der Waals surface area contributed by atoms with Gasteiger partial charge in [0, 0.05) is 12.2 Å². The first-order valence-electron chi connectivity index (χ1n) is 9.16. The minimum absolute atomic E-state index is 0.302. The fourth-order valence-electron chi connectivity index (χ4n) is 3.40. The summed E-state index contributed by atoms with van der Waals surface area (Å²) in [5.41, 5.74) is 1.21. The van der Waals surface area contributed by atoms with Gasteiger partial charge in [0.1, 0.15) is 11.4 Å². The smallest absolute Gasteiger partial charge is 0.315 e. The van der Waals surface area contributed by atoms with Crippen LogP contribution in [0.5, 0.6) is 0 Å². The second-order valence-electron chi connectivity index (χ2n) is 7.00. The number of carbonyl (C=O) groups excluding carboxylic acids is 2. The molecule has 0 bridgehead atoms. The summed E-state index contributed by atoms with van der Waals surface area (Å²) in [5.74, 6) is -0.714. The van der Waals surface area contributed by atoms with Crippen LogP contribution in [-0.2, 0) is 11.3 Å². The molecule has 0 spiro atoms. The number of nitrogens with one attached hydrogen (secondary N) is 3. The highest BCUT2D eigenvalue weighted by Gasteiger charge is 2.42. The van der Waals surface area contributed by atoms with E-state index in [2.05, 4.69) is 16.0 Å². The molecule has 0 aromatic heterocycles. The Morgan fingerprint density at radius 2 is 1.78 bits per heavy atom. The van der Waals surface area contributed by atoms with Crippen molar-refractivity contribution < 1.29 is 14.0 Å². The van der Waals surface area contributed by atoms with Gasteiger partial charge in [-0.05, 0) is 43.0 Å².